The molecular formula is C11H8ClNO6. The summed E-state index contributed by atoms with van der Waals surface area (Å²) in [5.74, 6) is -1.03. The lowest BCUT2D eigenvalue weighted by atomic mass is 10.1. The first-order valence-corrected chi connectivity index (χ1v) is 5.39. The average Bonchev–Trinajstić information content (AvgIpc) is 2.61. The van der Waals surface area contributed by atoms with Crippen LogP contribution in [0.15, 0.2) is 12.1 Å². The number of methoxy groups -OCH3 is 2. The van der Waals surface area contributed by atoms with Gasteiger partial charge in [-0.1, -0.05) is 5.06 Å². The van der Waals surface area contributed by atoms with Crippen LogP contribution in [0.3, 0.4) is 0 Å². The maximum atomic E-state index is 11.9. The average molecular weight is 286 g/mol. The van der Waals surface area contributed by atoms with E-state index in [9.17, 15) is 14.4 Å². The summed E-state index contributed by atoms with van der Waals surface area (Å²) in [6.45, 7) is 0. The topological polar surface area (TPSA) is 82.1 Å². The number of nitrogens with zero attached hydrogens (tertiary/aromatic N) is 1. The number of ether oxygens (including phenoxy) is 2. The SMILES string of the molecule is COc1cc2c(cc1OC)C(=O)N(OC(=O)Cl)C2=O. The van der Waals surface area contributed by atoms with E-state index >= 15 is 0 Å². The number of rotatable bonds is 3. The number of hydrogen-bond donors (Lipinski definition) is 0. The van der Waals surface area contributed by atoms with E-state index in [0.717, 1.165) is 0 Å². The Morgan fingerprint density at radius 2 is 1.47 bits per heavy atom. The predicted octanol–water partition coefficient (Wildman–Crippen LogP) is 1.59. The largest absolute Gasteiger partial charge is 0.493 e. The van der Waals surface area contributed by atoms with Gasteiger partial charge in [0.1, 0.15) is 0 Å². The van der Waals surface area contributed by atoms with Crippen molar-refractivity contribution in [2.45, 2.75) is 0 Å². The molecule has 2 rings (SSSR count). The lowest BCUT2D eigenvalue weighted by molar-refractivity contribution is -0.0355. The van der Waals surface area contributed by atoms with E-state index in [1.54, 1.807) is 0 Å². The molecule has 0 spiro atoms. The minimum Gasteiger partial charge on any atom is -0.493 e. The smallest absolute Gasteiger partial charge is 0.428 e. The van der Waals surface area contributed by atoms with Crippen LogP contribution in [-0.2, 0) is 4.84 Å². The van der Waals surface area contributed by atoms with Crippen molar-refractivity contribution in [2.24, 2.45) is 0 Å². The molecule has 7 nitrogen and oxygen atoms in total. The number of fused-ring (bicyclic) bond motifs is 1. The number of imide groups is 1. The summed E-state index contributed by atoms with van der Waals surface area (Å²) in [6, 6.07) is 2.66. The molecule has 0 fully saturated rings. The Labute approximate surface area is 112 Å². The predicted molar refractivity (Wildman–Crippen MR) is 62.4 cm³/mol. The molecule has 0 aromatic heterocycles. The Kier molecular flexibility index (Phi) is 3.30. The van der Waals surface area contributed by atoms with Crippen molar-refractivity contribution >= 4 is 28.8 Å². The zero-order valence-corrected chi connectivity index (χ0v) is 10.7. The van der Waals surface area contributed by atoms with Crippen LogP contribution in [0, 0.1) is 0 Å². The summed E-state index contributed by atoms with van der Waals surface area (Å²) >= 11 is 4.99. The van der Waals surface area contributed by atoms with Crippen LogP contribution in [0.1, 0.15) is 20.7 Å². The Bertz CT molecular complexity index is 542. The molecule has 0 radical (unpaired) electrons. The van der Waals surface area contributed by atoms with Crippen molar-refractivity contribution in [2.75, 3.05) is 14.2 Å². The second kappa shape index (κ2) is 4.77. The number of amides is 2. The number of hydroxylamine groups is 2. The van der Waals surface area contributed by atoms with Crippen molar-refractivity contribution in [3.8, 4) is 11.5 Å². The normalized spacial score (nSPS) is 13.3. The van der Waals surface area contributed by atoms with Gasteiger partial charge in [-0.05, 0) is 12.1 Å². The number of benzene rings is 1. The number of carbonyl (C=O) groups excluding carboxylic acids is 3. The van der Waals surface area contributed by atoms with Crippen molar-refractivity contribution in [3.63, 3.8) is 0 Å². The summed E-state index contributed by atoms with van der Waals surface area (Å²) in [7, 11) is 2.78. The first-order chi connectivity index (χ1) is 8.99. The molecule has 0 N–H and O–H groups in total. The molecule has 0 atom stereocenters. The maximum Gasteiger partial charge on any atom is 0.428 e. The lowest BCUT2D eigenvalue weighted by Gasteiger charge is -2.08. The zero-order chi connectivity index (χ0) is 14.2. The number of carbonyl (C=O) groups is 3. The van der Waals surface area contributed by atoms with Gasteiger partial charge in [0.05, 0.1) is 25.3 Å². The first kappa shape index (κ1) is 13.2. The summed E-state index contributed by atoms with van der Waals surface area (Å²) in [5.41, 5.74) is -1.20. The second-order valence-corrected chi connectivity index (χ2v) is 3.79. The Morgan fingerprint density at radius 3 is 1.79 bits per heavy atom. The minimum atomic E-state index is -1.28. The molecule has 1 aromatic rings. The molecule has 2 amide bonds. The van der Waals surface area contributed by atoms with E-state index in [1.807, 2.05) is 0 Å². The van der Waals surface area contributed by atoms with Gasteiger partial charge in [0, 0.05) is 11.6 Å². The van der Waals surface area contributed by atoms with Gasteiger partial charge in [-0.25, -0.2) is 4.79 Å². The fourth-order valence-corrected chi connectivity index (χ4v) is 1.77. The second-order valence-electron chi connectivity index (χ2n) is 3.49. The fraction of sp³-hybridized carbons (Fsp3) is 0.182. The van der Waals surface area contributed by atoms with Crippen LogP contribution in [0.5, 0.6) is 11.5 Å². The van der Waals surface area contributed by atoms with Crippen LogP contribution >= 0.6 is 11.6 Å². The van der Waals surface area contributed by atoms with Gasteiger partial charge in [0.25, 0.3) is 11.8 Å². The Hall–Kier alpha value is -2.28. The van der Waals surface area contributed by atoms with Crippen LogP contribution in [0.25, 0.3) is 0 Å². The van der Waals surface area contributed by atoms with Gasteiger partial charge in [0.2, 0.25) is 0 Å². The Balaban J connectivity index is 2.50. The molecule has 1 aliphatic heterocycles. The quantitative estimate of drug-likeness (QED) is 0.619. The Morgan fingerprint density at radius 1 is 1.05 bits per heavy atom. The minimum absolute atomic E-state index is 0.0422. The summed E-state index contributed by atoms with van der Waals surface area (Å²) in [4.78, 5) is 38.7. The van der Waals surface area contributed by atoms with E-state index in [1.165, 1.54) is 26.4 Å². The van der Waals surface area contributed by atoms with Gasteiger partial charge in [-0.2, -0.15) is 0 Å². The van der Waals surface area contributed by atoms with E-state index in [-0.39, 0.29) is 22.6 Å². The highest BCUT2D eigenvalue weighted by Crippen LogP contribution is 2.35. The van der Waals surface area contributed by atoms with Crippen molar-refractivity contribution < 1.29 is 28.7 Å². The van der Waals surface area contributed by atoms with Gasteiger partial charge < -0.3 is 14.3 Å². The summed E-state index contributed by atoms with van der Waals surface area (Å²) in [5, 5.41) is 0.291. The van der Waals surface area contributed by atoms with Gasteiger partial charge in [-0.15, -0.1) is 0 Å². The van der Waals surface area contributed by atoms with Crippen molar-refractivity contribution in [1.82, 2.24) is 5.06 Å². The zero-order valence-electron chi connectivity index (χ0n) is 9.93. The molecule has 100 valence electrons. The van der Waals surface area contributed by atoms with Crippen LogP contribution in [-0.4, -0.2) is 36.5 Å². The standard InChI is InChI=1S/C11H8ClNO6/c1-17-7-3-5-6(4-8(7)18-2)10(15)13(9(5)14)19-11(12)16/h3-4H,1-2H3. The molecule has 19 heavy (non-hydrogen) atoms. The molecule has 1 aliphatic rings. The van der Waals surface area contributed by atoms with Gasteiger partial charge >= 0.3 is 5.43 Å². The molecule has 8 heteroatoms. The molecule has 0 bridgehead atoms. The third-order valence-corrected chi connectivity index (χ3v) is 2.59. The van der Waals surface area contributed by atoms with E-state index < -0.39 is 17.2 Å². The first-order valence-electron chi connectivity index (χ1n) is 5.01. The molecular weight excluding hydrogens is 278 g/mol. The fourth-order valence-electron chi connectivity index (χ4n) is 1.70. The van der Waals surface area contributed by atoms with E-state index in [4.69, 9.17) is 21.1 Å². The third kappa shape index (κ3) is 2.08. The molecule has 0 saturated heterocycles. The van der Waals surface area contributed by atoms with Gasteiger partial charge in [0.15, 0.2) is 11.5 Å². The summed E-state index contributed by atoms with van der Waals surface area (Å²) in [6.07, 6.45) is 0. The van der Waals surface area contributed by atoms with Crippen LogP contribution in [0.2, 0.25) is 0 Å². The highest BCUT2D eigenvalue weighted by Gasteiger charge is 2.40. The van der Waals surface area contributed by atoms with Crippen molar-refractivity contribution in [1.29, 1.82) is 0 Å². The van der Waals surface area contributed by atoms with E-state index in [0.29, 0.717) is 5.06 Å². The molecule has 0 saturated carbocycles. The molecule has 1 aromatic carbocycles. The molecule has 1 heterocycles. The number of halogens is 1. The van der Waals surface area contributed by atoms with Gasteiger partial charge in [-0.3, -0.25) is 9.59 Å². The number of hydrogen-bond acceptors (Lipinski definition) is 6. The van der Waals surface area contributed by atoms with E-state index in [2.05, 4.69) is 4.84 Å². The lowest BCUT2D eigenvalue weighted by Crippen LogP contribution is -2.30. The van der Waals surface area contributed by atoms with Crippen molar-refractivity contribution in [3.05, 3.63) is 23.3 Å². The van der Waals surface area contributed by atoms with Crippen LogP contribution in [0.4, 0.5) is 4.79 Å². The highest BCUT2D eigenvalue weighted by atomic mass is 35.5. The maximum absolute atomic E-state index is 11.9. The monoisotopic (exact) mass is 285 g/mol. The molecule has 0 aliphatic carbocycles. The molecule has 0 unspecified atom stereocenters. The third-order valence-electron chi connectivity index (χ3n) is 2.52. The summed E-state index contributed by atoms with van der Waals surface area (Å²) < 4.78 is 10.0. The van der Waals surface area contributed by atoms with Crippen LogP contribution < -0.4 is 9.47 Å². The highest BCUT2D eigenvalue weighted by molar-refractivity contribution is 6.61.